The van der Waals surface area contributed by atoms with Crippen LogP contribution in [0.5, 0.6) is 0 Å². The topological polar surface area (TPSA) is 20.2 Å². The van der Waals surface area contributed by atoms with E-state index in [4.69, 9.17) is 0 Å². The number of aliphatic hydroxyl groups is 1. The van der Waals surface area contributed by atoms with Gasteiger partial charge in [0.2, 0.25) is 0 Å². The van der Waals surface area contributed by atoms with E-state index in [-0.39, 0.29) is 23.0 Å². The molecule has 0 aromatic heterocycles. The third-order valence-electron chi connectivity index (χ3n) is 9.11. The SMILES string of the molecule is C1CCCC1.OC(c1ccccc1P(c1ccccc1)c1ccccc1)C1CCCC1P(c1ccccc1)c1ccccc1.[Fe]. The van der Waals surface area contributed by atoms with E-state index in [1.54, 1.807) is 0 Å². The van der Waals surface area contributed by atoms with Crippen molar-refractivity contribution in [2.45, 2.75) is 63.1 Å². The summed E-state index contributed by atoms with van der Waals surface area (Å²) in [7, 11) is -1.37. The van der Waals surface area contributed by atoms with E-state index < -0.39 is 21.9 Å². The van der Waals surface area contributed by atoms with Crippen LogP contribution in [0.2, 0.25) is 0 Å². The minimum Gasteiger partial charge on any atom is -0.388 e. The van der Waals surface area contributed by atoms with Crippen molar-refractivity contribution in [3.05, 3.63) is 151 Å². The van der Waals surface area contributed by atoms with E-state index in [2.05, 4.69) is 146 Å². The van der Waals surface area contributed by atoms with Crippen LogP contribution in [0, 0.1) is 5.92 Å². The van der Waals surface area contributed by atoms with Crippen LogP contribution in [0.15, 0.2) is 146 Å². The van der Waals surface area contributed by atoms with Crippen LogP contribution in [0.3, 0.4) is 0 Å². The maximum absolute atomic E-state index is 12.3. The fourth-order valence-corrected chi connectivity index (χ4v) is 12.7. The average Bonchev–Trinajstić information content (AvgIpc) is 3.84. The van der Waals surface area contributed by atoms with Gasteiger partial charge in [-0.25, -0.2) is 0 Å². The van der Waals surface area contributed by atoms with Gasteiger partial charge in [-0.15, -0.1) is 0 Å². The molecule has 232 valence electrons. The molecule has 7 rings (SSSR count). The van der Waals surface area contributed by atoms with Crippen LogP contribution in [0.1, 0.15) is 63.0 Å². The van der Waals surface area contributed by atoms with Crippen LogP contribution in [-0.2, 0) is 17.1 Å². The Labute approximate surface area is 283 Å². The van der Waals surface area contributed by atoms with Crippen LogP contribution in [-0.4, -0.2) is 10.8 Å². The Kier molecular flexibility index (Phi) is 13.1. The van der Waals surface area contributed by atoms with Crippen molar-refractivity contribution in [2.24, 2.45) is 5.92 Å². The predicted molar refractivity (Wildman–Crippen MR) is 193 cm³/mol. The van der Waals surface area contributed by atoms with Crippen molar-refractivity contribution >= 4 is 42.4 Å². The third-order valence-corrected chi connectivity index (χ3v) is 14.6. The van der Waals surface area contributed by atoms with Crippen LogP contribution < -0.4 is 26.5 Å². The smallest absolute Gasteiger partial charge is 0.0830 e. The molecule has 4 heteroatoms. The van der Waals surface area contributed by atoms with Gasteiger partial charge in [0.1, 0.15) is 0 Å². The first-order chi connectivity index (χ1) is 21.8. The molecule has 0 aliphatic heterocycles. The van der Waals surface area contributed by atoms with Crippen molar-refractivity contribution in [3.63, 3.8) is 0 Å². The van der Waals surface area contributed by atoms with Gasteiger partial charge in [0.15, 0.2) is 0 Å². The fourth-order valence-electron chi connectivity index (χ4n) is 7.00. The van der Waals surface area contributed by atoms with Crippen LogP contribution in [0.4, 0.5) is 0 Å². The molecule has 5 aromatic rings. The molecule has 0 bridgehead atoms. The molecule has 45 heavy (non-hydrogen) atoms. The summed E-state index contributed by atoms with van der Waals surface area (Å²) < 4.78 is 0. The van der Waals surface area contributed by atoms with Crippen molar-refractivity contribution in [1.29, 1.82) is 0 Å². The molecule has 0 spiro atoms. The second kappa shape index (κ2) is 17.4. The summed E-state index contributed by atoms with van der Waals surface area (Å²) in [6.07, 6.45) is 10.4. The fraction of sp³-hybridized carbons (Fsp3) is 0.268. The summed E-state index contributed by atoms with van der Waals surface area (Å²) in [6, 6.07) is 52.4. The van der Waals surface area contributed by atoms with Gasteiger partial charge in [0.05, 0.1) is 6.10 Å². The molecule has 0 radical (unpaired) electrons. The van der Waals surface area contributed by atoms with Gasteiger partial charge in [-0.05, 0) is 72.3 Å². The van der Waals surface area contributed by atoms with Crippen LogP contribution in [0.25, 0.3) is 0 Å². The molecular formula is C41H44FeOP2. The second-order valence-corrected chi connectivity index (χ2v) is 16.6. The van der Waals surface area contributed by atoms with Gasteiger partial charge < -0.3 is 5.11 Å². The molecule has 5 aromatic carbocycles. The maximum atomic E-state index is 12.3. The maximum Gasteiger partial charge on any atom is 0.0830 e. The van der Waals surface area contributed by atoms with Gasteiger partial charge in [0, 0.05) is 17.1 Å². The summed E-state index contributed by atoms with van der Waals surface area (Å²) in [6.45, 7) is 0. The Balaban J connectivity index is 0.000000609. The van der Waals surface area contributed by atoms with Crippen LogP contribution >= 0.6 is 15.8 Å². The molecule has 1 N–H and O–H groups in total. The number of benzene rings is 5. The summed E-state index contributed by atoms with van der Waals surface area (Å²) in [5.74, 6) is 0.223. The number of rotatable bonds is 8. The van der Waals surface area contributed by atoms with Gasteiger partial charge >= 0.3 is 0 Å². The first-order valence-corrected chi connectivity index (χ1v) is 19.1. The monoisotopic (exact) mass is 670 g/mol. The van der Waals surface area contributed by atoms with E-state index in [1.807, 2.05) is 0 Å². The summed E-state index contributed by atoms with van der Waals surface area (Å²) in [5.41, 5.74) is 1.54. The molecule has 0 saturated heterocycles. The van der Waals surface area contributed by atoms with Gasteiger partial charge in [-0.1, -0.05) is 184 Å². The van der Waals surface area contributed by atoms with E-state index in [0.29, 0.717) is 5.66 Å². The molecule has 0 amide bonds. The molecule has 2 aliphatic carbocycles. The standard InChI is InChI=1S/C36H34OP2.C5H10.Fe/c37-36(33-25-15-27-35(33)39(30-20-9-3-10-21-30)31-22-11-4-12-23-31)32-24-13-14-26-34(32)38(28-16-5-1-6-17-28)29-18-7-2-8-19-29;1-2-4-5-3-1;/h1-14,16-24,26,33,35-37H,15,25,27H2;1-5H2;. The zero-order valence-corrected chi connectivity index (χ0v) is 28.8. The Morgan fingerprint density at radius 3 is 1.33 bits per heavy atom. The zero-order valence-electron chi connectivity index (χ0n) is 25.9. The molecule has 2 aliphatic rings. The first kappa shape index (κ1) is 33.8. The predicted octanol–water partition coefficient (Wildman–Crippen LogP) is 8.73. The average molecular weight is 671 g/mol. The van der Waals surface area contributed by atoms with Crippen molar-refractivity contribution < 1.29 is 22.2 Å². The number of hydrogen-bond donors (Lipinski definition) is 1. The quantitative estimate of drug-likeness (QED) is 0.129. The minimum absolute atomic E-state index is 0. The molecule has 2 saturated carbocycles. The molecule has 1 nitrogen and oxygen atoms in total. The Bertz CT molecular complexity index is 1460. The molecule has 3 unspecified atom stereocenters. The van der Waals surface area contributed by atoms with E-state index in [9.17, 15) is 5.11 Å². The molecule has 2 fully saturated rings. The third kappa shape index (κ3) is 8.43. The van der Waals surface area contributed by atoms with Crippen molar-refractivity contribution in [1.82, 2.24) is 0 Å². The normalized spacial score (nSPS) is 18.2. The Hall–Kier alpha value is -2.56. The van der Waals surface area contributed by atoms with Gasteiger partial charge in [-0.3, -0.25) is 0 Å². The zero-order chi connectivity index (χ0) is 30.0. The summed E-state index contributed by atoms with van der Waals surface area (Å²) >= 11 is 0. The first-order valence-electron chi connectivity index (χ1n) is 16.4. The Morgan fingerprint density at radius 1 is 0.467 bits per heavy atom. The van der Waals surface area contributed by atoms with Gasteiger partial charge in [0.25, 0.3) is 0 Å². The largest absolute Gasteiger partial charge is 0.388 e. The molecule has 0 heterocycles. The van der Waals surface area contributed by atoms with Crippen molar-refractivity contribution in [3.8, 4) is 0 Å². The minimum atomic E-state index is -0.786. The second-order valence-electron chi connectivity index (χ2n) is 12.0. The van der Waals surface area contributed by atoms with Gasteiger partial charge in [-0.2, -0.15) is 0 Å². The number of hydrogen-bond acceptors (Lipinski definition) is 1. The Morgan fingerprint density at radius 2 is 0.867 bits per heavy atom. The van der Waals surface area contributed by atoms with E-state index in [0.717, 1.165) is 18.4 Å². The van der Waals surface area contributed by atoms with Crippen molar-refractivity contribution in [2.75, 3.05) is 0 Å². The summed E-state index contributed by atoms with van der Waals surface area (Å²) in [5, 5.41) is 19.0. The summed E-state index contributed by atoms with van der Waals surface area (Å²) in [4.78, 5) is 0. The molecular weight excluding hydrogens is 626 g/mol. The van der Waals surface area contributed by atoms with E-state index >= 15 is 0 Å². The van der Waals surface area contributed by atoms with E-state index in [1.165, 1.54) is 65.0 Å². The number of aliphatic hydroxyl groups excluding tert-OH is 1. The molecule has 3 atom stereocenters.